The Bertz CT molecular complexity index is 985. The number of fused-ring (bicyclic) bond motifs is 1. The van der Waals surface area contributed by atoms with E-state index in [0.29, 0.717) is 31.3 Å². The van der Waals surface area contributed by atoms with Crippen LogP contribution >= 0.6 is 33.9 Å². The van der Waals surface area contributed by atoms with Gasteiger partial charge in [0.1, 0.15) is 3.70 Å². The van der Waals surface area contributed by atoms with E-state index in [9.17, 15) is 31.1 Å². The fourth-order valence-corrected chi connectivity index (χ4v) is 4.20. The molecule has 0 bridgehead atoms. The van der Waals surface area contributed by atoms with Crippen LogP contribution in [0.2, 0.25) is 0 Å². The van der Waals surface area contributed by atoms with Crippen molar-refractivity contribution < 1.29 is 31.1 Å². The molecule has 3 rings (SSSR count). The minimum atomic E-state index is -5.13. The standard InChI is InChI=1S/C15H7F6IN2OS/c1-6-5-9-11(26-6)12(22)23-24(9)13(25)10-7(14(16,17)18)3-2-4-8(10)15(19,20)21/h2-5H,1H3. The van der Waals surface area contributed by atoms with Crippen LogP contribution in [0.3, 0.4) is 0 Å². The number of hydrogen-bond donors (Lipinski definition) is 0. The first-order chi connectivity index (χ1) is 11.9. The van der Waals surface area contributed by atoms with Gasteiger partial charge in [-0.1, -0.05) is 6.07 Å². The highest BCUT2D eigenvalue weighted by atomic mass is 127. The number of carbonyl (C=O) groups excluding carboxylic acids is 1. The van der Waals surface area contributed by atoms with Crippen LogP contribution in [0.15, 0.2) is 24.3 Å². The van der Waals surface area contributed by atoms with E-state index in [0.717, 1.165) is 4.88 Å². The molecular weight excluding hydrogens is 497 g/mol. The summed E-state index contributed by atoms with van der Waals surface area (Å²) < 4.78 is 81.0. The summed E-state index contributed by atoms with van der Waals surface area (Å²) in [7, 11) is 0. The minimum absolute atomic E-state index is 0.173. The molecule has 0 spiro atoms. The maximum absolute atomic E-state index is 13.3. The Morgan fingerprint density at radius 2 is 1.65 bits per heavy atom. The maximum atomic E-state index is 13.3. The van der Waals surface area contributed by atoms with Gasteiger partial charge in [0.05, 0.1) is 26.9 Å². The van der Waals surface area contributed by atoms with Crippen LogP contribution in [-0.2, 0) is 12.4 Å². The van der Waals surface area contributed by atoms with Crippen molar-refractivity contribution in [1.82, 2.24) is 9.78 Å². The monoisotopic (exact) mass is 504 g/mol. The third-order valence-electron chi connectivity index (χ3n) is 3.52. The summed E-state index contributed by atoms with van der Waals surface area (Å²) in [5, 5.41) is 3.84. The van der Waals surface area contributed by atoms with Crippen LogP contribution in [0.25, 0.3) is 10.2 Å². The minimum Gasteiger partial charge on any atom is -0.267 e. The van der Waals surface area contributed by atoms with E-state index in [1.165, 1.54) is 17.4 Å². The average Bonchev–Trinajstić information content (AvgIpc) is 3.03. The van der Waals surface area contributed by atoms with Gasteiger partial charge in [-0.05, 0) is 47.7 Å². The van der Waals surface area contributed by atoms with Crippen LogP contribution in [0, 0.1) is 10.6 Å². The Morgan fingerprint density at radius 1 is 1.12 bits per heavy atom. The third kappa shape index (κ3) is 3.21. The van der Waals surface area contributed by atoms with E-state index in [2.05, 4.69) is 5.10 Å². The van der Waals surface area contributed by atoms with Gasteiger partial charge in [-0.3, -0.25) is 4.79 Å². The molecule has 0 unspecified atom stereocenters. The van der Waals surface area contributed by atoms with Gasteiger partial charge in [0.15, 0.2) is 0 Å². The van der Waals surface area contributed by atoms with Crippen molar-refractivity contribution in [3.63, 3.8) is 0 Å². The molecule has 0 aliphatic rings. The summed E-state index contributed by atoms with van der Waals surface area (Å²) in [5.41, 5.74) is -4.59. The smallest absolute Gasteiger partial charge is 0.267 e. The largest absolute Gasteiger partial charge is 0.417 e. The van der Waals surface area contributed by atoms with Gasteiger partial charge in [-0.2, -0.15) is 36.1 Å². The molecule has 0 fully saturated rings. The first-order valence-electron chi connectivity index (χ1n) is 6.88. The van der Waals surface area contributed by atoms with Crippen molar-refractivity contribution in [3.8, 4) is 0 Å². The fraction of sp³-hybridized carbons (Fsp3) is 0.200. The molecule has 0 saturated heterocycles. The number of benzene rings is 1. The number of halogens is 7. The summed E-state index contributed by atoms with van der Waals surface area (Å²) in [6, 6.07) is 3.02. The van der Waals surface area contributed by atoms with E-state index in [4.69, 9.17) is 0 Å². The molecule has 0 aliphatic carbocycles. The number of rotatable bonds is 1. The maximum Gasteiger partial charge on any atom is 0.417 e. The SMILES string of the molecule is Cc1cc2c(s1)c(I)nn2C(=O)c1c(C(F)(F)F)cccc1C(F)(F)F. The second-order valence-electron chi connectivity index (χ2n) is 5.30. The Kier molecular flexibility index (Phi) is 4.58. The van der Waals surface area contributed by atoms with Crippen LogP contribution in [0.5, 0.6) is 0 Å². The highest BCUT2D eigenvalue weighted by molar-refractivity contribution is 14.1. The fourth-order valence-electron chi connectivity index (χ4n) is 2.51. The molecular formula is C15H7F6IN2OS. The summed E-state index contributed by atoms with van der Waals surface area (Å²) in [5.74, 6) is -1.48. The Labute approximate surface area is 159 Å². The number of thiophene rings is 1. The van der Waals surface area contributed by atoms with Crippen molar-refractivity contribution in [2.24, 2.45) is 0 Å². The molecule has 2 aromatic heterocycles. The summed E-state index contributed by atoms with van der Waals surface area (Å²) in [6.07, 6.45) is -10.3. The number of carbonyl (C=O) groups is 1. The molecule has 3 aromatic rings. The normalized spacial score (nSPS) is 12.8. The summed E-state index contributed by atoms with van der Waals surface area (Å²) in [6.45, 7) is 1.71. The van der Waals surface area contributed by atoms with E-state index in [1.54, 1.807) is 29.5 Å². The van der Waals surface area contributed by atoms with Gasteiger partial charge in [0.25, 0.3) is 5.91 Å². The number of hydrogen-bond acceptors (Lipinski definition) is 3. The third-order valence-corrected chi connectivity index (χ3v) is 5.69. The van der Waals surface area contributed by atoms with E-state index in [-0.39, 0.29) is 5.52 Å². The van der Waals surface area contributed by atoms with Gasteiger partial charge >= 0.3 is 12.4 Å². The lowest BCUT2D eigenvalue weighted by atomic mass is 9.99. The van der Waals surface area contributed by atoms with Gasteiger partial charge in [-0.15, -0.1) is 11.3 Å². The quantitative estimate of drug-likeness (QED) is 0.313. The highest BCUT2D eigenvalue weighted by Gasteiger charge is 2.43. The lowest BCUT2D eigenvalue weighted by Gasteiger charge is -2.17. The zero-order valence-electron chi connectivity index (χ0n) is 12.7. The van der Waals surface area contributed by atoms with Crippen LogP contribution in [-0.4, -0.2) is 15.7 Å². The van der Waals surface area contributed by atoms with E-state index >= 15 is 0 Å². The Hall–Kier alpha value is -1.63. The van der Waals surface area contributed by atoms with Gasteiger partial charge in [0, 0.05) is 4.88 Å². The van der Waals surface area contributed by atoms with E-state index < -0.39 is 35.0 Å². The van der Waals surface area contributed by atoms with Crippen molar-refractivity contribution in [2.75, 3.05) is 0 Å². The number of alkyl halides is 6. The average molecular weight is 504 g/mol. The van der Waals surface area contributed by atoms with E-state index in [1.807, 2.05) is 0 Å². The topological polar surface area (TPSA) is 34.9 Å². The lowest BCUT2D eigenvalue weighted by molar-refractivity contribution is -0.143. The predicted octanol–water partition coefficient (Wildman–Crippen LogP) is 5.74. The predicted molar refractivity (Wildman–Crippen MR) is 91.2 cm³/mol. The van der Waals surface area contributed by atoms with Gasteiger partial charge in [0.2, 0.25) is 0 Å². The molecule has 0 saturated carbocycles. The summed E-state index contributed by atoms with van der Waals surface area (Å²) >= 11 is 3.02. The molecule has 1 aromatic carbocycles. The zero-order valence-corrected chi connectivity index (χ0v) is 15.6. The second-order valence-corrected chi connectivity index (χ2v) is 7.58. The van der Waals surface area contributed by atoms with Crippen LogP contribution < -0.4 is 0 Å². The lowest BCUT2D eigenvalue weighted by Crippen LogP contribution is -2.24. The number of aromatic nitrogens is 2. The van der Waals surface area contributed by atoms with Crippen LogP contribution in [0.4, 0.5) is 26.3 Å². The summed E-state index contributed by atoms with van der Waals surface area (Å²) in [4.78, 5) is 13.5. The molecule has 2 heterocycles. The molecule has 3 nitrogen and oxygen atoms in total. The van der Waals surface area contributed by atoms with Crippen molar-refractivity contribution in [2.45, 2.75) is 19.3 Å². The molecule has 26 heavy (non-hydrogen) atoms. The van der Waals surface area contributed by atoms with Gasteiger partial charge < -0.3 is 0 Å². The molecule has 0 atom stereocenters. The number of nitrogens with zero attached hydrogens (tertiary/aromatic N) is 2. The second kappa shape index (κ2) is 6.22. The van der Waals surface area contributed by atoms with Crippen molar-refractivity contribution >= 4 is 50.1 Å². The molecule has 0 amide bonds. The first-order valence-corrected chi connectivity index (χ1v) is 8.77. The highest BCUT2D eigenvalue weighted by Crippen LogP contribution is 2.40. The molecule has 0 radical (unpaired) electrons. The molecule has 0 aliphatic heterocycles. The van der Waals surface area contributed by atoms with Crippen LogP contribution in [0.1, 0.15) is 26.4 Å². The van der Waals surface area contributed by atoms with Crippen molar-refractivity contribution in [3.05, 3.63) is 49.5 Å². The van der Waals surface area contributed by atoms with Gasteiger partial charge in [-0.25, -0.2) is 0 Å². The molecule has 0 N–H and O–H groups in total. The van der Waals surface area contributed by atoms with Crippen molar-refractivity contribution in [1.29, 1.82) is 0 Å². The number of aryl methyl sites for hydroxylation is 1. The molecule has 138 valence electrons. The Balaban J connectivity index is 2.32. The Morgan fingerprint density at radius 3 is 2.15 bits per heavy atom. The first kappa shape index (κ1) is 19.1. The molecule has 11 heteroatoms. The zero-order chi connectivity index (χ0) is 19.4.